The molecule has 1 saturated heterocycles. The van der Waals surface area contributed by atoms with Gasteiger partial charge in [-0.25, -0.2) is 4.98 Å². The van der Waals surface area contributed by atoms with Crippen LogP contribution in [0, 0.1) is 12.8 Å². The van der Waals surface area contributed by atoms with Crippen LogP contribution in [0.25, 0.3) is 0 Å². The van der Waals surface area contributed by atoms with E-state index in [1.165, 1.54) is 11.3 Å². The summed E-state index contributed by atoms with van der Waals surface area (Å²) in [7, 11) is 0. The van der Waals surface area contributed by atoms with Crippen LogP contribution >= 0.6 is 11.3 Å². The smallest absolute Gasteiger partial charge is 0.231 e. The maximum absolute atomic E-state index is 12.4. The molecule has 1 atom stereocenters. The van der Waals surface area contributed by atoms with Crippen LogP contribution in [-0.2, 0) is 16.0 Å². The van der Waals surface area contributed by atoms with E-state index in [1.54, 1.807) is 4.90 Å². The van der Waals surface area contributed by atoms with E-state index >= 15 is 0 Å². The van der Waals surface area contributed by atoms with Crippen molar-refractivity contribution in [1.29, 1.82) is 0 Å². The molecule has 2 aromatic rings. The van der Waals surface area contributed by atoms with Crippen molar-refractivity contribution in [1.82, 2.24) is 4.98 Å². The minimum absolute atomic E-state index is 0.0130. The van der Waals surface area contributed by atoms with Gasteiger partial charge in [-0.3, -0.25) is 9.59 Å². The lowest BCUT2D eigenvalue weighted by atomic mass is 10.1. The standard InChI is InChI=1S/C17H19N3O2S/c1-3-14-11(2)23-17(18-14)19-16(22)12-9-15(21)20(10-12)13-7-5-4-6-8-13/h4-8,12H,3,9-10H2,1-2H3,(H,18,19,22)/t12-/m1/s1. The van der Waals surface area contributed by atoms with Crippen LogP contribution in [0.2, 0.25) is 0 Å². The topological polar surface area (TPSA) is 62.3 Å². The van der Waals surface area contributed by atoms with Gasteiger partial charge >= 0.3 is 0 Å². The number of hydrogen-bond donors (Lipinski definition) is 1. The fourth-order valence-corrected chi connectivity index (χ4v) is 3.66. The lowest BCUT2D eigenvalue weighted by Gasteiger charge is -2.16. The highest BCUT2D eigenvalue weighted by Crippen LogP contribution is 2.27. The number of benzene rings is 1. The van der Waals surface area contributed by atoms with Crippen molar-refractivity contribution in [3.63, 3.8) is 0 Å². The van der Waals surface area contributed by atoms with Crippen molar-refractivity contribution in [2.24, 2.45) is 5.92 Å². The second-order valence-corrected chi connectivity index (χ2v) is 6.81. The Morgan fingerprint density at radius 1 is 1.39 bits per heavy atom. The molecule has 0 radical (unpaired) electrons. The van der Waals surface area contributed by atoms with E-state index in [9.17, 15) is 9.59 Å². The molecule has 23 heavy (non-hydrogen) atoms. The maximum atomic E-state index is 12.4. The predicted octanol–water partition coefficient (Wildman–Crippen LogP) is 3.01. The van der Waals surface area contributed by atoms with Crippen LogP contribution in [-0.4, -0.2) is 23.3 Å². The second-order valence-electron chi connectivity index (χ2n) is 5.61. The van der Waals surface area contributed by atoms with Gasteiger partial charge in [0.1, 0.15) is 0 Å². The summed E-state index contributed by atoms with van der Waals surface area (Å²) in [5, 5.41) is 3.48. The van der Waals surface area contributed by atoms with Crippen LogP contribution in [0.3, 0.4) is 0 Å². The zero-order valence-corrected chi connectivity index (χ0v) is 14.0. The highest BCUT2D eigenvalue weighted by molar-refractivity contribution is 7.15. The number of anilines is 2. The molecule has 2 amide bonds. The highest BCUT2D eigenvalue weighted by Gasteiger charge is 2.35. The number of hydrogen-bond acceptors (Lipinski definition) is 4. The summed E-state index contributed by atoms with van der Waals surface area (Å²) in [5.41, 5.74) is 1.85. The Morgan fingerprint density at radius 3 is 2.78 bits per heavy atom. The fraction of sp³-hybridized carbons (Fsp3) is 0.353. The minimum Gasteiger partial charge on any atom is -0.312 e. The number of rotatable bonds is 4. The van der Waals surface area contributed by atoms with Crippen LogP contribution in [0.5, 0.6) is 0 Å². The molecule has 6 heteroatoms. The van der Waals surface area contributed by atoms with Crippen molar-refractivity contribution >= 4 is 34.0 Å². The molecule has 1 aromatic heterocycles. The number of carbonyl (C=O) groups is 2. The van der Waals surface area contributed by atoms with Crippen molar-refractivity contribution in [3.05, 3.63) is 40.9 Å². The Bertz CT molecular complexity index is 727. The van der Waals surface area contributed by atoms with Crippen LogP contribution in [0.15, 0.2) is 30.3 Å². The molecule has 0 aliphatic carbocycles. The summed E-state index contributed by atoms with van der Waals surface area (Å²) in [5.74, 6) is -0.480. The van der Waals surface area contributed by atoms with Gasteiger partial charge in [-0.15, -0.1) is 11.3 Å². The first kappa shape index (κ1) is 15.7. The van der Waals surface area contributed by atoms with E-state index in [0.717, 1.165) is 22.7 Å². The summed E-state index contributed by atoms with van der Waals surface area (Å²) in [6, 6.07) is 9.46. The normalized spacial score (nSPS) is 17.6. The number of aromatic nitrogens is 1. The Hall–Kier alpha value is -2.21. The van der Waals surface area contributed by atoms with Crippen molar-refractivity contribution in [3.8, 4) is 0 Å². The number of amides is 2. The average Bonchev–Trinajstić information content (AvgIpc) is 3.11. The van der Waals surface area contributed by atoms with Gasteiger partial charge in [0.2, 0.25) is 11.8 Å². The number of thiazole rings is 1. The summed E-state index contributed by atoms with van der Waals surface area (Å²) >= 11 is 1.48. The molecule has 1 aliphatic rings. The van der Waals surface area contributed by atoms with Gasteiger partial charge in [-0.1, -0.05) is 25.1 Å². The van der Waals surface area contributed by atoms with Crippen molar-refractivity contribution < 1.29 is 9.59 Å². The van der Waals surface area contributed by atoms with E-state index in [0.29, 0.717) is 11.7 Å². The number of nitrogens with one attached hydrogen (secondary N) is 1. The Kier molecular flexibility index (Phi) is 4.43. The molecule has 3 rings (SSSR count). The number of aryl methyl sites for hydroxylation is 2. The van der Waals surface area contributed by atoms with Crippen LogP contribution in [0.4, 0.5) is 10.8 Å². The monoisotopic (exact) mass is 329 g/mol. The summed E-state index contributed by atoms with van der Waals surface area (Å²) in [4.78, 5) is 31.8. The van der Waals surface area contributed by atoms with E-state index in [4.69, 9.17) is 0 Å². The van der Waals surface area contributed by atoms with Gasteiger partial charge in [0, 0.05) is 23.5 Å². The number of nitrogens with zero attached hydrogens (tertiary/aromatic N) is 2. The van der Waals surface area contributed by atoms with Gasteiger partial charge < -0.3 is 10.2 Å². The molecule has 1 fully saturated rings. The lowest BCUT2D eigenvalue weighted by Crippen LogP contribution is -2.28. The van der Waals surface area contributed by atoms with E-state index in [-0.39, 0.29) is 24.2 Å². The van der Waals surface area contributed by atoms with Crippen LogP contribution in [0.1, 0.15) is 23.9 Å². The zero-order valence-electron chi connectivity index (χ0n) is 13.2. The molecule has 1 N–H and O–H groups in total. The third-order valence-electron chi connectivity index (χ3n) is 4.02. The van der Waals surface area contributed by atoms with Crippen LogP contribution < -0.4 is 10.2 Å². The fourth-order valence-electron chi connectivity index (χ4n) is 2.76. The first-order chi connectivity index (χ1) is 11.1. The second kappa shape index (κ2) is 6.50. The lowest BCUT2D eigenvalue weighted by molar-refractivity contribution is -0.122. The largest absolute Gasteiger partial charge is 0.312 e. The maximum Gasteiger partial charge on any atom is 0.231 e. The zero-order chi connectivity index (χ0) is 16.4. The van der Waals surface area contributed by atoms with Crippen molar-refractivity contribution in [2.45, 2.75) is 26.7 Å². The molecule has 0 unspecified atom stereocenters. The molecular formula is C17H19N3O2S. The summed E-state index contributed by atoms with van der Waals surface area (Å²) < 4.78 is 0. The van der Waals surface area contributed by atoms with E-state index in [1.807, 2.05) is 44.2 Å². The average molecular weight is 329 g/mol. The molecule has 1 aliphatic heterocycles. The molecule has 0 bridgehead atoms. The summed E-state index contributed by atoms with van der Waals surface area (Å²) in [6.45, 7) is 4.46. The first-order valence-electron chi connectivity index (χ1n) is 7.71. The Labute approximate surface area is 139 Å². The van der Waals surface area contributed by atoms with Gasteiger partial charge in [-0.2, -0.15) is 0 Å². The van der Waals surface area contributed by atoms with Gasteiger partial charge in [0.05, 0.1) is 11.6 Å². The molecule has 5 nitrogen and oxygen atoms in total. The number of para-hydroxylation sites is 1. The molecule has 0 saturated carbocycles. The third kappa shape index (κ3) is 3.27. The predicted molar refractivity (Wildman–Crippen MR) is 91.8 cm³/mol. The van der Waals surface area contributed by atoms with Gasteiger partial charge in [-0.05, 0) is 25.5 Å². The highest BCUT2D eigenvalue weighted by atomic mass is 32.1. The molecular weight excluding hydrogens is 310 g/mol. The quantitative estimate of drug-likeness (QED) is 0.938. The summed E-state index contributed by atoms with van der Waals surface area (Å²) in [6.07, 6.45) is 1.09. The van der Waals surface area contributed by atoms with Gasteiger partial charge in [0.25, 0.3) is 0 Å². The molecule has 1 aromatic carbocycles. The molecule has 0 spiro atoms. The SMILES string of the molecule is CCc1nc(NC(=O)[C@@H]2CC(=O)N(c3ccccc3)C2)sc1C. The van der Waals surface area contributed by atoms with E-state index < -0.39 is 0 Å². The minimum atomic E-state index is -0.336. The first-order valence-corrected chi connectivity index (χ1v) is 8.52. The molecule has 120 valence electrons. The Morgan fingerprint density at radius 2 is 2.13 bits per heavy atom. The number of carbonyl (C=O) groups excluding carboxylic acids is 2. The van der Waals surface area contributed by atoms with Crippen molar-refractivity contribution in [2.75, 3.05) is 16.8 Å². The van der Waals surface area contributed by atoms with Gasteiger partial charge in [0.15, 0.2) is 5.13 Å². The van der Waals surface area contributed by atoms with E-state index in [2.05, 4.69) is 10.3 Å². The molecule has 2 heterocycles. The third-order valence-corrected chi connectivity index (χ3v) is 4.95. The Balaban J connectivity index is 1.68.